The van der Waals surface area contributed by atoms with Gasteiger partial charge in [0.1, 0.15) is 0 Å². The average Bonchev–Trinajstić information content (AvgIpc) is 2.28. The zero-order valence-corrected chi connectivity index (χ0v) is 11.5. The molecule has 3 heteroatoms. The summed E-state index contributed by atoms with van der Waals surface area (Å²) in [5.74, 6) is 1.12. The van der Waals surface area contributed by atoms with Crippen molar-refractivity contribution in [2.24, 2.45) is 11.8 Å². The Kier molecular flexibility index (Phi) is 5.60. The summed E-state index contributed by atoms with van der Waals surface area (Å²) >= 11 is 6.09. The summed E-state index contributed by atoms with van der Waals surface area (Å²) in [6.45, 7) is 8.03. The molecule has 1 heterocycles. The van der Waals surface area contributed by atoms with E-state index in [0.717, 1.165) is 38.8 Å². The molecular formula is C13H24ClNO. The number of amides is 1. The maximum Gasteiger partial charge on any atom is 0.225 e. The van der Waals surface area contributed by atoms with Gasteiger partial charge >= 0.3 is 0 Å². The molecule has 1 aliphatic heterocycles. The van der Waals surface area contributed by atoms with E-state index in [-0.39, 0.29) is 11.3 Å². The minimum Gasteiger partial charge on any atom is -0.342 e. The van der Waals surface area contributed by atoms with Crippen LogP contribution in [0.2, 0.25) is 0 Å². The van der Waals surface area contributed by atoms with E-state index in [9.17, 15) is 4.79 Å². The molecule has 0 N–H and O–H groups in total. The Labute approximate surface area is 104 Å². The Morgan fingerprint density at radius 2 is 1.94 bits per heavy atom. The predicted octanol–water partition coefficient (Wildman–Crippen LogP) is 3.29. The van der Waals surface area contributed by atoms with Crippen molar-refractivity contribution in [1.29, 1.82) is 0 Å². The van der Waals surface area contributed by atoms with Crippen molar-refractivity contribution in [2.45, 2.75) is 51.8 Å². The maximum absolute atomic E-state index is 12.1. The fraction of sp³-hybridized carbons (Fsp3) is 0.923. The van der Waals surface area contributed by atoms with Crippen LogP contribution < -0.4 is 0 Å². The topological polar surface area (TPSA) is 20.3 Å². The van der Waals surface area contributed by atoms with Crippen LogP contribution in [0.1, 0.15) is 46.5 Å². The second-order valence-electron chi connectivity index (χ2n) is 5.03. The Balaban J connectivity index is 2.38. The van der Waals surface area contributed by atoms with Crippen LogP contribution in [0.5, 0.6) is 0 Å². The van der Waals surface area contributed by atoms with E-state index in [4.69, 9.17) is 11.6 Å². The highest BCUT2D eigenvalue weighted by Crippen LogP contribution is 2.25. The van der Waals surface area contributed by atoms with Gasteiger partial charge in [-0.2, -0.15) is 0 Å². The summed E-state index contributed by atoms with van der Waals surface area (Å²) in [5.41, 5.74) is 0. The molecule has 0 bridgehead atoms. The average molecular weight is 246 g/mol. The van der Waals surface area contributed by atoms with Crippen LogP contribution in [-0.4, -0.2) is 29.3 Å². The Hall–Kier alpha value is -0.240. The first-order chi connectivity index (χ1) is 7.56. The number of alkyl halides is 1. The summed E-state index contributed by atoms with van der Waals surface area (Å²) in [6.07, 6.45) is 4.22. The van der Waals surface area contributed by atoms with Crippen molar-refractivity contribution in [3.05, 3.63) is 0 Å². The highest BCUT2D eigenvalue weighted by Gasteiger charge is 2.27. The molecule has 2 unspecified atom stereocenters. The van der Waals surface area contributed by atoms with Gasteiger partial charge in [0.25, 0.3) is 0 Å². The summed E-state index contributed by atoms with van der Waals surface area (Å²) in [5, 5.41) is 0.241. The number of carbonyl (C=O) groups excluding carboxylic acids is 1. The second-order valence-corrected chi connectivity index (χ2v) is 5.72. The number of nitrogens with zero attached hydrogens (tertiary/aromatic N) is 1. The van der Waals surface area contributed by atoms with Crippen molar-refractivity contribution < 1.29 is 4.79 Å². The third-order valence-corrected chi connectivity index (χ3v) is 4.00. The minimum atomic E-state index is 0.190. The molecule has 0 saturated carbocycles. The number of piperidine rings is 1. The smallest absolute Gasteiger partial charge is 0.225 e. The second kappa shape index (κ2) is 6.48. The zero-order valence-electron chi connectivity index (χ0n) is 10.7. The predicted molar refractivity (Wildman–Crippen MR) is 68.7 cm³/mol. The fourth-order valence-corrected chi connectivity index (χ4v) is 2.70. The van der Waals surface area contributed by atoms with Gasteiger partial charge in [-0.1, -0.05) is 20.3 Å². The number of carbonyl (C=O) groups is 1. The van der Waals surface area contributed by atoms with E-state index in [1.807, 2.05) is 11.8 Å². The summed E-state index contributed by atoms with van der Waals surface area (Å²) in [7, 11) is 0. The van der Waals surface area contributed by atoms with Crippen LogP contribution in [-0.2, 0) is 4.79 Å². The highest BCUT2D eigenvalue weighted by atomic mass is 35.5. The van der Waals surface area contributed by atoms with E-state index < -0.39 is 0 Å². The van der Waals surface area contributed by atoms with Crippen LogP contribution in [0.15, 0.2) is 0 Å². The van der Waals surface area contributed by atoms with E-state index in [1.54, 1.807) is 0 Å². The van der Waals surface area contributed by atoms with Crippen LogP contribution in [0.3, 0.4) is 0 Å². The molecule has 0 aromatic rings. The molecule has 2 nitrogen and oxygen atoms in total. The quantitative estimate of drug-likeness (QED) is 0.696. The molecule has 1 rings (SSSR count). The highest BCUT2D eigenvalue weighted by molar-refractivity contribution is 6.20. The van der Waals surface area contributed by atoms with Crippen molar-refractivity contribution in [2.75, 3.05) is 13.1 Å². The molecule has 94 valence electrons. The number of hydrogen-bond donors (Lipinski definition) is 0. The lowest BCUT2D eigenvalue weighted by Crippen LogP contribution is -2.42. The van der Waals surface area contributed by atoms with Crippen molar-refractivity contribution in [3.63, 3.8) is 0 Å². The van der Waals surface area contributed by atoms with Crippen molar-refractivity contribution in [3.8, 4) is 0 Å². The van der Waals surface area contributed by atoms with Gasteiger partial charge in [-0.05, 0) is 32.1 Å². The van der Waals surface area contributed by atoms with Gasteiger partial charge in [-0.15, -0.1) is 11.6 Å². The first kappa shape index (κ1) is 13.8. The standard InChI is InChI=1S/C13H24ClNO/c1-4-5-10(2)13(16)15-8-6-12(7-9-15)11(3)14/h10-12H,4-9H2,1-3H3. The Bertz CT molecular complexity index is 222. The maximum atomic E-state index is 12.1. The first-order valence-corrected chi connectivity index (χ1v) is 6.92. The monoisotopic (exact) mass is 245 g/mol. The van der Waals surface area contributed by atoms with Crippen molar-refractivity contribution in [1.82, 2.24) is 4.90 Å². The number of likely N-dealkylation sites (tertiary alicyclic amines) is 1. The molecule has 1 aliphatic rings. The van der Waals surface area contributed by atoms with Gasteiger partial charge in [-0.3, -0.25) is 4.79 Å². The molecule has 2 atom stereocenters. The Morgan fingerprint density at radius 3 is 2.38 bits per heavy atom. The van der Waals surface area contributed by atoms with Gasteiger partial charge in [0.05, 0.1) is 0 Å². The molecule has 0 aromatic carbocycles. The molecule has 0 radical (unpaired) electrons. The lowest BCUT2D eigenvalue weighted by atomic mass is 9.93. The largest absolute Gasteiger partial charge is 0.342 e. The lowest BCUT2D eigenvalue weighted by molar-refractivity contribution is -0.136. The zero-order chi connectivity index (χ0) is 12.1. The molecule has 1 amide bonds. The molecule has 1 saturated heterocycles. The first-order valence-electron chi connectivity index (χ1n) is 6.49. The SMILES string of the molecule is CCCC(C)C(=O)N1CCC(C(C)Cl)CC1. The molecule has 16 heavy (non-hydrogen) atoms. The van der Waals surface area contributed by atoms with Gasteiger partial charge in [0.15, 0.2) is 0 Å². The fourth-order valence-electron chi connectivity index (χ4n) is 2.45. The molecular weight excluding hydrogens is 222 g/mol. The van der Waals surface area contributed by atoms with Crippen LogP contribution in [0.25, 0.3) is 0 Å². The third-order valence-electron chi connectivity index (χ3n) is 3.64. The number of rotatable bonds is 4. The van der Waals surface area contributed by atoms with E-state index in [1.165, 1.54) is 0 Å². The van der Waals surface area contributed by atoms with Crippen molar-refractivity contribution >= 4 is 17.5 Å². The molecule has 0 spiro atoms. The van der Waals surface area contributed by atoms with E-state index in [0.29, 0.717) is 11.8 Å². The summed E-state index contributed by atoms with van der Waals surface area (Å²) in [6, 6.07) is 0. The van der Waals surface area contributed by atoms with Gasteiger partial charge in [0, 0.05) is 24.4 Å². The lowest BCUT2D eigenvalue weighted by Gasteiger charge is -2.34. The van der Waals surface area contributed by atoms with Crippen LogP contribution in [0, 0.1) is 11.8 Å². The third kappa shape index (κ3) is 3.65. The number of halogens is 1. The summed E-state index contributed by atoms with van der Waals surface area (Å²) in [4.78, 5) is 14.1. The van der Waals surface area contributed by atoms with Gasteiger partial charge in [-0.25, -0.2) is 0 Å². The molecule has 1 fully saturated rings. The van der Waals surface area contributed by atoms with Crippen LogP contribution in [0.4, 0.5) is 0 Å². The van der Waals surface area contributed by atoms with Gasteiger partial charge in [0.2, 0.25) is 5.91 Å². The number of hydrogen-bond acceptors (Lipinski definition) is 1. The normalized spacial score (nSPS) is 21.9. The van der Waals surface area contributed by atoms with E-state index in [2.05, 4.69) is 13.8 Å². The summed E-state index contributed by atoms with van der Waals surface area (Å²) < 4.78 is 0. The van der Waals surface area contributed by atoms with Crippen LogP contribution >= 0.6 is 11.6 Å². The van der Waals surface area contributed by atoms with Gasteiger partial charge < -0.3 is 4.90 Å². The molecule has 0 aliphatic carbocycles. The molecule has 0 aromatic heterocycles. The minimum absolute atomic E-state index is 0.190. The Morgan fingerprint density at radius 1 is 1.38 bits per heavy atom. The van der Waals surface area contributed by atoms with E-state index >= 15 is 0 Å².